The Morgan fingerprint density at radius 2 is 2.00 bits per heavy atom. The average Bonchev–Trinajstić information content (AvgIpc) is 2.68. The van der Waals surface area contributed by atoms with Crippen LogP contribution in [-0.4, -0.2) is 11.7 Å². The number of carbonyl (C=O) groups is 2. The molecule has 1 aromatic carbocycles. The molecule has 2 rings (SSSR count). The van der Waals surface area contributed by atoms with Crippen LogP contribution in [0.15, 0.2) is 24.3 Å². The van der Waals surface area contributed by atoms with Crippen LogP contribution >= 0.6 is 0 Å². The first-order chi connectivity index (χ1) is 7.66. The van der Waals surface area contributed by atoms with Gasteiger partial charge in [-0.15, -0.1) is 0 Å². The van der Waals surface area contributed by atoms with Crippen molar-refractivity contribution in [2.24, 2.45) is 5.92 Å². The summed E-state index contributed by atoms with van der Waals surface area (Å²) < 4.78 is 0. The second-order valence-corrected chi connectivity index (χ2v) is 4.27. The third-order valence-electron chi connectivity index (χ3n) is 2.94. The van der Waals surface area contributed by atoms with E-state index in [1.54, 1.807) is 0 Å². The molecule has 0 radical (unpaired) electrons. The van der Waals surface area contributed by atoms with Crippen LogP contribution < -0.4 is 5.32 Å². The zero-order valence-electron chi connectivity index (χ0n) is 9.32. The normalized spacial score (nSPS) is 19.8. The van der Waals surface area contributed by atoms with Crippen molar-refractivity contribution in [3.8, 4) is 0 Å². The SMILES string of the molecule is Cc1ccc(NC(=O)C2CCCC2=O)cc1. The molecule has 0 heterocycles. The molecule has 1 N–H and O–H groups in total. The van der Waals surface area contributed by atoms with E-state index in [1.807, 2.05) is 31.2 Å². The lowest BCUT2D eigenvalue weighted by Crippen LogP contribution is -2.25. The van der Waals surface area contributed by atoms with Gasteiger partial charge in [0.1, 0.15) is 5.78 Å². The third-order valence-corrected chi connectivity index (χ3v) is 2.94. The van der Waals surface area contributed by atoms with Crippen molar-refractivity contribution >= 4 is 17.4 Å². The summed E-state index contributed by atoms with van der Waals surface area (Å²) in [7, 11) is 0. The molecule has 1 unspecified atom stereocenters. The van der Waals surface area contributed by atoms with E-state index >= 15 is 0 Å². The Hall–Kier alpha value is -1.64. The minimum atomic E-state index is -0.429. The number of Topliss-reactive ketones (excluding diaryl/α,β-unsaturated/α-hetero) is 1. The lowest BCUT2D eigenvalue weighted by Gasteiger charge is -2.09. The van der Waals surface area contributed by atoms with Gasteiger partial charge in [0, 0.05) is 12.1 Å². The lowest BCUT2D eigenvalue weighted by atomic mass is 10.1. The average molecular weight is 217 g/mol. The Morgan fingerprint density at radius 1 is 1.31 bits per heavy atom. The molecule has 0 aliphatic heterocycles. The highest BCUT2D eigenvalue weighted by Gasteiger charge is 2.30. The van der Waals surface area contributed by atoms with Gasteiger partial charge < -0.3 is 5.32 Å². The number of aryl methyl sites for hydroxylation is 1. The van der Waals surface area contributed by atoms with Gasteiger partial charge in [-0.2, -0.15) is 0 Å². The van der Waals surface area contributed by atoms with Crippen LogP contribution in [0.3, 0.4) is 0 Å². The molecule has 3 heteroatoms. The maximum atomic E-state index is 11.8. The molecule has 3 nitrogen and oxygen atoms in total. The first-order valence-corrected chi connectivity index (χ1v) is 5.57. The first kappa shape index (κ1) is 10.9. The Labute approximate surface area is 94.9 Å². The maximum absolute atomic E-state index is 11.8. The van der Waals surface area contributed by atoms with Crippen molar-refractivity contribution in [2.75, 3.05) is 5.32 Å². The summed E-state index contributed by atoms with van der Waals surface area (Å²) in [6, 6.07) is 7.58. The van der Waals surface area contributed by atoms with E-state index in [-0.39, 0.29) is 11.7 Å². The van der Waals surface area contributed by atoms with Crippen molar-refractivity contribution in [3.63, 3.8) is 0 Å². The highest BCUT2D eigenvalue weighted by molar-refractivity contribution is 6.08. The molecule has 1 saturated carbocycles. The van der Waals surface area contributed by atoms with E-state index in [0.29, 0.717) is 12.8 Å². The van der Waals surface area contributed by atoms with E-state index in [9.17, 15) is 9.59 Å². The number of amides is 1. The van der Waals surface area contributed by atoms with Crippen LogP contribution in [-0.2, 0) is 9.59 Å². The Bertz CT molecular complexity index is 408. The van der Waals surface area contributed by atoms with Gasteiger partial charge in [-0.25, -0.2) is 0 Å². The third kappa shape index (κ3) is 2.30. The van der Waals surface area contributed by atoms with Crippen LogP contribution in [0.1, 0.15) is 24.8 Å². The zero-order chi connectivity index (χ0) is 11.5. The van der Waals surface area contributed by atoms with E-state index in [0.717, 1.165) is 17.7 Å². The molecule has 0 spiro atoms. The van der Waals surface area contributed by atoms with Gasteiger partial charge in [0.15, 0.2) is 0 Å². The number of rotatable bonds is 2. The van der Waals surface area contributed by atoms with Gasteiger partial charge in [0.05, 0.1) is 5.92 Å². The molecule has 0 aromatic heterocycles. The zero-order valence-corrected chi connectivity index (χ0v) is 9.32. The number of anilines is 1. The second kappa shape index (κ2) is 4.47. The van der Waals surface area contributed by atoms with Crippen LogP contribution in [0.25, 0.3) is 0 Å². The summed E-state index contributed by atoms with van der Waals surface area (Å²) >= 11 is 0. The summed E-state index contributed by atoms with van der Waals surface area (Å²) in [5.74, 6) is -0.516. The summed E-state index contributed by atoms with van der Waals surface area (Å²) in [6.45, 7) is 1.99. The topological polar surface area (TPSA) is 46.2 Å². The van der Waals surface area contributed by atoms with Gasteiger partial charge in [0.25, 0.3) is 0 Å². The summed E-state index contributed by atoms with van der Waals surface area (Å²) in [6.07, 6.45) is 2.08. The van der Waals surface area contributed by atoms with Crippen LogP contribution in [0, 0.1) is 12.8 Å². The van der Waals surface area contributed by atoms with Gasteiger partial charge in [-0.1, -0.05) is 17.7 Å². The Balaban J connectivity index is 2.02. The molecule has 1 amide bonds. The fourth-order valence-electron chi connectivity index (χ4n) is 1.96. The minimum Gasteiger partial charge on any atom is -0.325 e. The van der Waals surface area contributed by atoms with Gasteiger partial charge >= 0.3 is 0 Å². The molecule has 0 bridgehead atoms. The van der Waals surface area contributed by atoms with Crippen LogP contribution in [0.4, 0.5) is 5.69 Å². The van der Waals surface area contributed by atoms with Crippen molar-refractivity contribution in [1.29, 1.82) is 0 Å². The fourth-order valence-corrected chi connectivity index (χ4v) is 1.96. The van der Waals surface area contributed by atoms with E-state index in [4.69, 9.17) is 0 Å². The number of hydrogen-bond donors (Lipinski definition) is 1. The van der Waals surface area contributed by atoms with Crippen molar-refractivity contribution in [2.45, 2.75) is 26.2 Å². The van der Waals surface area contributed by atoms with E-state index in [2.05, 4.69) is 5.32 Å². The van der Waals surface area contributed by atoms with Crippen molar-refractivity contribution in [3.05, 3.63) is 29.8 Å². The number of ketones is 1. The number of carbonyl (C=O) groups excluding carboxylic acids is 2. The molecule has 1 aliphatic carbocycles. The molecule has 1 fully saturated rings. The standard InChI is InChI=1S/C13H15NO2/c1-9-5-7-10(8-6-9)14-13(16)11-3-2-4-12(11)15/h5-8,11H,2-4H2,1H3,(H,14,16). The largest absolute Gasteiger partial charge is 0.325 e. The summed E-state index contributed by atoms with van der Waals surface area (Å²) in [5, 5.41) is 2.78. The lowest BCUT2D eigenvalue weighted by molar-refractivity contribution is -0.129. The number of nitrogens with one attached hydrogen (secondary N) is 1. The van der Waals surface area contributed by atoms with Crippen molar-refractivity contribution in [1.82, 2.24) is 0 Å². The summed E-state index contributed by atoms with van der Waals surface area (Å²) in [4.78, 5) is 23.2. The van der Waals surface area contributed by atoms with Crippen LogP contribution in [0.5, 0.6) is 0 Å². The Morgan fingerprint density at radius 3 is 2.56 bits per heavy atom. The quantitative estimate of drug-likeness (QED) is 0.772. The monoisotopic (exact) mass is 217 g/mol. The highest BCUT2D eigenvalue weighted by atomic mass is 16.2. The van der Waals surface area contributed by atoms with Gasteiger partial charge in [-0.05, 0) is 31.9 Å². The van der Waals surface area contributed by atoms with Crippen LogP contribution in [0.2, 0.25) is 0 Å². The fraction of sp³-hybridized carbons (Fsp3) is 0.385. The minimum absolute atomic E-state index is 0.0737. The molecule has 1 aliphatic rings. The highest BCUT2D eigenvalue weighted by Crippen LogP contribution is 2.22. The smallest absolute Gasteiger partial charge is 0.234 e. The van der Waals surface area contributed by atoms with Gasteiger partial charge in [-0.3, -0.25) is 9.59 Å². The van der Waals surface area contributed by atoms with Crippen molar-refractivity contribution < 1.29 is 9.59 Å². The molecule has 84 valence electrons. The molecular formula is C13H15NO2. The maximum Gasteiger partial charge on any atom is 0.234 e. The molecule has 1 atom stereocenters. The summed E-state index contributed by atoms with van der Waals surface area (Å²) in [5.41, 5.74) is 1.91. The number of benzene rings is 1. The second-order valence-electron chi connectivity index (χ2n) is 4.27. The molecule has 16 heavy (non-hydrogen) atoms. The van der Waals surface area contributed by atoms with E-state index in [1.165, 1.54) is 0 Å². The predicted molar refractivity (Wildman–Crippen MR) is 62.2 cm³/mol. The Kier molecular flexibility index (Phi) is 3.04. The number of hydrogen-bond acceptors (Lipinski definition) is 2. The van der Waals surface area contributed by atoms with E-state index < -0.39 is 5.92 Å². The predicted octanol–water partition coefficient (Wildman–Crippen LogP) is 2.30. The molecular weight excluding hydrogens is 202 g/mol. The first-order valence-electron chi connectivity index (χ1n) is 5.57. The molecule has 0 saturated heterocycles. The van der Waals surface area contributed by atoms with Gasteiger partial charge in [0.2, 0.25) is 5.91 Å². The molecule has 1 aromatic rings.